The number of urea groups is 1. The number of benzene rings is 3. The highest BCUT2D eigenvalue weighted by atomic mass is 79.9. The summed E-state index contributed by atoms with van der Waals surface area (Å²) in [6.07, 6.45) is 2.19. The topological polar surface area (TPSA) is 70.7 Å². The smallest absolute Gasteiger partial charge is 0.315 e. The van der Waals surface area contributed by atoms with Crippen LogP contribution in [-0.2, 0) is 11.3 Å². The van der Waals surface area contributed by atoms with Gasteiger partial charge in [0.2, 0.25) is 5.91 Å². The van der Waals surface area contributed by atoms with E-state index in [9.17, 15) is 9.59 Å². The average Bonchev–Trinajstić information content (AvgIpc) is 2.92. The number of piperidine rings is 1. The van der Waals surface area contributed by atoms with Crippen molar-refractivity contribution >= 4 is 51.1 Å². The molecule has 0 aliphatic carbocycles. The average molecular weight is 619 g/mol. The highest BCUT2D eigenvalue weighted by molar-refractivity contribution is 9.10. The normalized spacial score (nSPS) is 14.6. The van der Waals surface area contributed by atoms with Crippen LogP contribution >= 0.6 is 39.1 Å². The van der Waals surface area contributed by atoms with Gasteiger partial charge in [0.25, 0.3) is 0 Å². The van der Waals surface area contributed by atoms with Crippen molar-refractivity contribution in [1.29, 1.82) is 0 Å². The molecule has 0 aromatic heterocycles. The maximum atomic E-state index is 13.1. The number of hydrogen-bond acceptors (Lipinski definition) is 3. The van der Waals surface area contributed by atoms with Gasteiger partial charge in [-0.05, 0) is 49.1 Å². The molecule has 4 rings (SSSR count). The second kappa shape index (κ2) is 13.4. The zero-order chi connectivity index (χ0) is 27.1. The standard InChI is InChI=1S/C29H30BrCl2N3O3/c1-2-24(19-6-4-3-5-7-19)28(36)35-14-12-22(13-15-35)34-29(37)33-18-20-8-9-21(30)16-27(20)38-23-10-11-25(31)26(32)17-23/h3-11,16-17,22,24H,2,12-15,18H2,1H3,(H2,33,34,37). The van der Waals surface area contributed by atoms with Gasteiger partial charge in [-0.3, -0.25) is 4.79 Å². The van der Waals surface area contributed by atoms with Crippen molar-refractivity contribution in [2.45, 2.75) is 44.7 Å². The molecular formula is C29H30BrCl2N3O3. The molecule has 3 amide bonds. The maximum Gasteiger partial charge on any atom is 0.315 e. The number of carbonyl (C=O) groups is 2. The van der Waals surface area contributed by atoms with Crippen LogP contribution in [-0.4, -0.2) is 36.0 Å². The first kappa shape index (κ1) is 28.3. The van der Waals surface area contributed by atoms with Crippen LogP contribution in [0, 0.1) is 0 Å². The van der Waals surface area contributed by atoms with E-state index in [-0.39, 0.29) is 30.4 Å². The summed E-state index contributed by atoms with van der Waals surface area (Å²) in [6.45, 7) is 3.58. The zero-order valence-electron chi connectivity index (χ0n) is 21.1. The van der Waals surface area contributed by atoms with Gasteiger partial charge >= 0.3 is 6.03 Å². The lowest BCUT2D eigenvalue weighted by atomic mass is 9.93. The van der Waals surface area contributed by atoms with E-state index in [0.29, 0.717) is 47.5 Å². The summed E-state index contributed by atoms with van der Waals surface area (Å²) < 4.78 is 6.87. The zero-order valence-corrected chi connectivity index (χ0v) is 24.2. The molecule has 1 heterocycles. The fourth-order valence-electron chi connectivity index (χ4n) is 4.55. The van der Waals surface area contributed by atoms with Crippen molar-refractivity contribution in [2.24, 2.45) is 0 Å². The molecule has 200 valence electrons. The number of hydrogen-bond donors (Lipinski definition) is 2. The Morgan fingerprint density at radius 1 is 1.03 bits per heavy atom. The maximum absolute atomic E-state index is 13.1. The molecule has 3 aromatic rings. The molecule has 1 aliphatic heterocycles. The van der Waals surface area contributed by atoms with Gasteiger partial charge in [-0.1, -0.05) is 82.5 Å². The molecule has 1 atom stereocenters. The van der Waals surface area contributed by atoms with Gasteiger partial charge in [0.15, 0.2) is 0 Å². The highest BCUT2D eigenvalue weighted by Crippen LogP contribution is 2.32. The first-order chi connectivity index (χ1) is 18.3. The Labute approximate surface area is 241 Å². The molecule has 1 aliphatic rings. The monoisotopic (exact) mass is 617 g/mol. The lowest BCUT2D eigenvalue weighted by Crippen LogP contribution is -2.49. The summed E-state index contributed by atoms with van der Waals surface area (Å²) in [6, 6.07) is 20.3. The van der Waals surface area contributed by atoms with Gasteiger partial charge in [0.1, 0.15) is 11.5 Å². The van der Waals surface area contributed by atoms with Gasteiger partial charge in [-0.2, -0.15) is 0 Å². The first-order valence-electron chi connectivity index (χ1n) is 12.6. The minimum absolute atomic E-state index is 0.00713. The van der Waals surface area contributed by atoms with Gasteiger partial charge < -0.3 is 20.3 Å². The predicted octanol–water partition coefficient (Wildman–Crippen LogP) is 7.53. The van der Waals surface area contributed by atoms with Gasteiger partial charge in [0.05, 0.1) is 16.0 Å². The Morgan fingerprint density at radius 2 is 1.76 bits per heavy atom. The van der Waals surface area contributed by atoms with Crippen LogP contribution in [0.5, 0.6) is 11.5 Å². The van der Waals surface area contributed by atoms with Crippen molar-refractivity contribution < 1.29 is 14.3 Å². The molecule has 9 heteroatoms. The van der Waals surface area contributed by atoms with Crippen LogP contribution in [0.4, 0.5) is 4.79 Å². The van der Waals surface area contributed by atoms with E-state index < -0.39 is 0 Å². The molecule has 0 saturated carbocycles. The second-order valence-corrected chi connectivity index (χ2v) is 11.0. The number of halogens is 3. The van der Waals surface area contributed by atoms with E-state index in [2.05, 4.69) is 26.6 Å². The van der Waals surface area contributed by atoms with Gasteiger partial charge in [0, 0.05) is 41.8 Å². The van der Waals surface area contributed by atoms with E-state index in [1.165, 1.54) is 0 Å². The van der Waals surface area contributed by atoms with Crippen LogP contribution in [0.15, 0.2) is 71.2 Å². The molecule has 1 unspecified atom stereocenters. The second-order valence-electron chi connectivity index (χ2n) is 9.23. The van der Waals surface area contributed by atoms with Crippen molar-refractivity contribution in [1.82, 2.24) is 15.5 Å². The number of ether oxygens (including phenoxy) is 1. The number of nitrogens with zero attached hydrogens (tertiary/aromatic N) is 1. The van der Waals surface area contributed by atoms with Crippen molar-refractivity contribution in [3.63, 3.8) is 0 Å². The Bertz CT molecular complexity index is 1270. The minimum atomic E-state index is -0.256. The van der Waals surface area contributed by atoms with Crippen molar-refractivity contribution in [3.05, 3.63) is 92.4 Å². The van der Waals surface area contributed by atoms with E-state index in [0.717, 1.165) is 22.0 Å². The molecule has 1 saturated heterocycles. The molecule has 0 spiro atoms. The SMILES string of the molecule is CCC(C(=O)N1CCC(NC(=O)NCc2ccc(Br)cc2Oc2ccc(Cl)c(Cl)c2)CC1)c1ccccc1. The summed E-state index contributed by atoms with van der Waals surface area (Å²) in [5, 5.41) is 6.82. The molecule has 3 aromatic carbocycles. The molecule has 38 heavy (non-hydrogen) atoms. The van der Waals surface area contributed by atoms with Gasteiger partial charge in [-0.25, -0.2) is 4.79 Å². The molecule has 6 nitrogen and oxygen atoms in total. The molecular weight excluding hydrogens is 589 g/mol. The Morgan fingerprint density at radius 3 is 2.45 bits per heavy atom. The lowest BCUT2D eigenvalue weighted by molar-refractivity contribution is -0.134. The van der Waals surface area contributed by atoms with Crippen LogP contribution < -0.4 is 15.4 Å². The van der Waals surface area contributed by atoms with Crippen LogP contribution in [0.25, 0.3) is 0 Å². The molecule has 0 bridgehead atoms. The lowest BCUT2D eigenvalue weighted by Gasteiger charge is -2.34. The Hall–Kier alpha value is -2.74. The third-order valence-corrected chi connectivity index (χ3v) is 7.87. The first-order valence-corrected chi connectivity index (χ1v) is 14.2. The number of carbonyl (C=O) groups excluding carboxylic acids is 2. The summed E-state index contributed by atoms with van der Waals surface area (Å²) in [7, 11) is 0. The van der Waals surface area contributed by atoms with Crippen LogP contribution in [0.1, 0.15) is 43.2 Å². The van der Waals surface area contributed by atoms with Crippen molar-refractivity contribution in [3.8, 4) is 11.5 Å². The predicted molar refractivity (Wildman–Crippen MR) is 155 cm³/mol. The van der Waals surface area contributed by atoms with Gasteiger partial charge in [-0.15, -0.1) is 0 Å². The number of amides is 3. The number of nitrogens with one attached hydrogen (secondary N) is 2. The van der Waals surface area contributed by atoms with Crippen LogP contribution in [0.2, 0.25) is 10.0 Å². The third-order valence-electron chi connectivity index (χ3n) is 6.64. The molecule has 2 N–H and O–H groups in total. The fraction of sp³-hybridized carbons (Fsp3) is 0.310. The highest BCUT2D eigenvalue weighted by Gasteiger charge is 2.28. The van der Waals surface area contributed by atoms with E-state index >= 15 is 0 Å². The summed E-state index contributed by atoms with van der Waals surface area (Å²) in [5.74, 6) is 1.16. The van der Waals surface area contributed by atoms with E-state index in [4.69, 9.17) is 27.9 Å². The third kappa shape index (κ3) is 7.43. The Kier molecular flexibility index (Phi) is 9.94. The van der Waals surface area contributed by atoms with E-state index in [1.807, 2.05) is 60.4 Å². The molecule has 0 radical (unpaired) electrons. The summed E-state index contributed by atoms with van der Waals surface area (Å²) in [5.41, 5.74) is 1.86. The number of rotatable bonds is 8. The summed E-state index contributed by atoms with van der Waals surface area (Å²) >= 11 is 15.6. The largest absolute Gasteiger partial charge is 0.457 e. The summed E-state index contributed by atoms with van der Waals surface area (Å²) in [4.78, 5) is 27.7. The van der Waals surface area contributed by atoms with Crippen LogP contribution in [0.3, 0.4) is 0 Å². The Balaban J connectivity index is 1.28. The van der Waals surface area contributed by atoms with E-state index in [1.54, 1.807) is 18.2 Å². The quantitative estimate of drug-likeness (QED) is 0.274. The fourth-order valence-corrected chi connectivity index (χ4v) is 5.18. The van der Waals surface area contributed by atoms with Crippen molar-refractivity contribution in [2.75, 3.05) is 13.1 Å². The molecule has 1 fully saturated rings. The number of likely N-dealkylation sites (tertiary alicyclic amines) is 1. The minimum Gasteiger partial charge on any atom is -0.457 e.